The van der Waals surface area contributed by atoms with Crippen molar-refractivity contribution in [2.75, 3.05) is 11.9 Å². The predicted molar refractivity (Wildman–Crippen MR) is 83.9 cm³/mol. The minimum Gasteiger partial charge on any atom is -0.330 e. The van der Waals surface area contributed by atoms with E-state index in [1.165, 1.54) is 11.3 Å². The van der Waals surface area contributed by atoms with E-state index in [2.05, 4.69) is 31.1 Å². The highest BCUT2D eigenvalue weighted by molar-refractivity contribution is 7.13. The molecule has 4 nitrogen and oxygen atoms in total. The highest BCUT2D eigenvalue weighted by atomic mass is 32.1. The van der Waals surface area contributed by atoms with Crippen LogP contribution in [0.15, 0.2) is 5.38 Å². The van der Waals surface area contributed by atoms with Gasteiger partial charge in [0, 0.05) is 16.7 Å². The summed E-state index contributed by atoms with van der Waals surface area (Å²) in [5.74, 6) is 0.849. The van der Waals surface area contributed by atoms with Gasteiger partial charge in [-0.1, -0.05) is 20.8 Å². The van der Waals surface area contributed by atoms with Crippen molar-refractivity contribution in [1.82, 2.24) is 4.98 Å². The summed E-state index contributed by atoms with van der Waals surface area (Å²) in [7, 11) is 0. The van der Waals surface area contributed by atoms with Crippen molar-refractivity contribution in [2.45, 2.75) is 51.9 Å². The molecule has 2 rings (SSSR count). The number of nitrogens with one attached hydrogen (secondary N) is 1. The Morgan fingerprint density at radius 1 is 1.40 bits per heavy atom. The summed E-state index contributed by atoms with van der Waals surface area (Å²) in [6.45, 7) is 7.13. The van der Waals surface area contributed by atoms with Gasteiger partial charge >= 0.3 is 0 Å². The fourth-order valence-corrected chi connectivity index (χ4v) is 3.48. The van der Waals surface area contributed by atoms with Crippen LogP contribution in [0.1, 0.15) is 52.1 Å². The van der Waals surface area contributed by atoms with E-state index in [4.69, 9.17) is 5.73 Å². The molecule has 5 heteroatoms. The van der Waals surface area contributed by atoms with Crippen molar-refractivity contribution < 1.29 is 4.79 Å². The van der Waals surface area contributed by atoms with E-state index in [1.54, 1.807) is 0 Å². The van der Waals surface area contributed by atoms with Gasteiger partial charge in [-0.15, -0.1) is 11.3 Å². The number of aromatic nitrogens is 1. The summed E-state index contributed by atoms with van der Waals surface area (Å²) >= 11 is 1.51. The first-order chi connectivity index (χ1) is 9.40. The van der Waals surface area contributed by atoms with Crippen LogP contribution in [0, 0.1) is 11.8 Å². The Kier molecular flexibility index (Phi) is 4.81. The Labute approximate surface area is 125 Å². The summed E-state index contributed by atoms with van der Waals surface area (Å²) in [4.78, 5) is 16.8. The molecule has 0 saturated heterocycles. The molecule has 112 valence electrons. The van der Waals surface area contributed by atoms with Gasteiger partial charge in [0.25, 0.3) is 0 Å². The van der Waals surface area contributed by atoms with Crippen molar-refractivity contribution in [1.29, 1.82) is 0 Å². The maximum Gasteiger partial charge on any atom is 0.229 e. The van der Waals surface area contributed by atoms with Crippen molar-refractivity contribution in [3.05, 3.63) is 11.1 Å². The first-order valence-corrected chi connectivity index (χ1v) is 8.25. The number of nitrogens with two attached hydrogens (primary N) is 1. The smallest absolute Gasteiger partial charge is 0.229 e. The number of amides is 1. The summed E-state index contributed by atoms with van der Waals surface area (Å²) in [5, 5.41) is 5.73. The SMILES string of the molecule is CC(C)(C)c1csc(NC(=O)C2CCC(CN)CC2)n1. The zero-order valence-corrected chi connectivity index (χ0v) is 13.4. The van der Waals surface area contributed by atoms with Crippen molar-refractivity contribution >= 4 is 22.4 Å². The number of thiazole rings is 1. The Bertz CT molecular complexity index is 456. The van der Waals surface area contributed by atoms with Gasteiger partial charge in [0.1, 0.15) is 0 Å². The largest absolute Gasteiger partial charge is 0.330 e. The lowest BCUT2D eigenvalue weighted by Crippen LogP contribution is -2.29. The minimum absolute atomic E-state index is 0.0265. The molecule has 0 spiro atoms. The van der Waals surface area contributed by atoms with Crippen LogP contribution in [0.2, 0.25) is 0 Å². The van der Waals surface area contributed by atoms with Crippen LogP contribution in [0.3, 0.4) is 0 Å². The van der Waals surface area contributed by atoms with Gasteiger partial charge in [0.15, 0.2) is 5.13 Å². The zero-order valence-electron chi connectivity index (χ0n) is 12.6. The van der Waals surface area contributed by atoms with Crippen LogP contribution in [-0.4, -0.2) is 17.4 Å². The molecule has 1 aromatic rings. The molecule has 0 unspecified atom stereocenters. The lowest BCUT2D eigenvalue weighted by atomic mass is 9.82. The molecule has 1 amide bonds. The molecule has 1 heterocycles. The second-order valence-corrected chi connectivity index (χ2v) is 7.59. The number of rotatable bonds is 3. The highest BCUT2D eigenvalue weighted by Gasteiger charge is 2.26. The third-order valence-electron chi connectivity index (χ3n) is 4.05. The van der Waals surface area contributed by atoms with Crippen LogP contribution in [-0.2, 0) is 10.2 Å². The molecule has 0 aromatic carbocycles. The van der Waals surface area contributed by atoms with E-state index in [-0.39, 0.29) is 17.2 Å². The third kappa shape index (κ3) is 3.79. The number of carbonyl (C=O) groups is 1. The van der Waals surface area contributed by atoms with Gasteiger partial charge in [-0.2, -0.15) is 0 Å². The van der Waals surface area contributed by atoms with Gasteiger partial charge in [0.05, 0.1) is 5.69 Å². The fourth-order valence-electron chi connectivity index (χ4n) is 2.54. The van der Waals surface area contributed by atoms with Crippen LogP contribution in [0.4, 0.5) is 5.13 Å². The molecule has 1 fully saturated rings. The molecule has 3 N–H and O–H groups in total. The minimum atomic E-state index is 0.0265. The molecule has 0 atom stereocenters. The van der Waals surface area contributed by atoms with Gasteiger partial charge in [-0.3, -0.25) is 4.79 Å². The van der Waals surface area contributed by atoms with Gasteiger partial charge in [-0.25, -0.2) is 4.98 Å². The van der Waals surface area contributed by atoms with E-state index < -0.39 is 0 Å². The molecule has 0 aliphatic heterocycles. The van der Waals surface area contributed by atoms with Crippen LogP contribution < -0.4 is 11.1 Å². The molecular formula is C15H25N3OS. The standard InChI is InChI=1S/C15H25N3OS/c1-15(2,3)12-9-20-14(17-12)18-13(19)11-6-4-10(8-16)5-7-11/h9-11H,4-8,16H2,1-3H3,(H,17,18,19). The second-order valence-electron chi connectivity index (χ2n) is 6.73. The molecule has 1 aromatic heterocycles. The quantitative estimate of drug-likeness (QED) is 0.900. The van der Waals surface area contributed by atoms with Crippen LogP contribution in [0.25, 0.3) is 0 Å². The number of hydrogen-bond acceptors (Lipinski definition) is 4. The highest BCUT2D eigenvalue weighted by Crippen LogP contribution is 2.30. The van der Waals surface area contributed by atoms with Gasteiger partial charge in [-0.05, 0) is 38.1 Å². The van der Waals surface area contributed by atoms with E-state index in [9.17, 15) is 4.79 Å². The number of anilines is 1. The van der Waals surface area contributed by atoms with Crippen LogP contribution >= 0.6 is 11.3 Å². The normalized spacial score (nSPS) is 23.6. The third-order valence-corrected chi connectivity index (χ3v) is 4.81. The molecule has 1 aliphatic carbocycles. The average molecular weight is 295 g/mol. The topological polar surface area (TPSA) is 68.0 Å². The van der Waals surface area contributed by atoms with Crippen molar-refractivity contribution in [3.8, 4) is 0 Å². The molecule has 0 bridgehead atoms. The Hall–Kier alpha value is -0.940. The van der Waals surface area contributed by atoms with E-state index in [0.717, 1.165) is 43.1 Å². The predicted octanol–water partition coefficient (Wildman–Crippen LogP) is 3.14. The summed E-state index contributed by atoms with van der Waals surface area (Å²) < 4.78 is 0. The molecule has 0 radical (unpaired) electrons. The van der Waals surface area contributed by atoms with Crippen molar-refractivity contribution in [3.63, 3.8) is 0 Å². The van der Waals surface area contributed by atoms with Gasteiger partial charge < -0.3 is 11.1 Å². The lowest BCUT2D eigenvalue weighted by Gasteiger charge is -2.26. The molecule has 1 saturated carbocycles. The number of nitrogens with zero attached hydrogens (tertiary/aromatic N) is 1. The summed E-state index contributed by atoms with van der Waals surface area (Å²) in [5.41, 5.74) is 6.74. The molecular weight excluding hydrogens is 270 g/mol. The maximum absolute atomic E-state index is 12.2. The molecule has 1 aliphatic rings. The summed E-state index contributed by atoms with van der Waals surface area (Å²) in [6, 6.07) is 0. The fraction of sp³-hybridized carbons (Fsp3) is 0.733. The zero-order chi connectivity index (χ0) is 14.8. The summed E-state index contributed by atoms with van der Waals surface area (Å²) in [6.07, 6.45) is 4.04. The maximum atomic E-state index is 12.2. The van der Waals surface area contributed by atoms with Gasteiger partial charge in [0.2, 0.25) is 5.91 Å². The Balaban J connectivity index is 1.90. The first-order valence-electron chi connectivity index (χ1n) is 7.37. The van der Waals surface area contributed by atoms with E-state index in [0.29, 0.717) is 5.92 Å². The molecule has 20 heavy (non-hydrogen) atoms. The van der Waals surface area contributed by atoms with E-state index >= 15 is 0 Å². The van der Waals surface area contributed by atoms with Crippen LogP contribution in [0.5, 0.6) is 0 Å². The first kappa shape index (κ1) is 15.4. The Morgan fingerprint density at radius 3 is 2.55 bits per heavy atom. The monoisotopic (exact) mass is 295 g/mol. The van der Waals surface area contributed by atoms with E-state index in [1.807, 2.05) is 5.38 Å². The number of hydrogen-bond donors (Lipinski definition) is 2. The average Bonchev–Trinajstić information content (AvgIpc) is 2.87. The Morgan fingerprint density at radius 2 is 2.05 bits per heavy atom. The number of carbonyl (C=O) groups excluding carboxylic acids is 1. The lowest BCUT2D eigenvalue weighted by molar-refractivity contribution is -0.121. The van der Waals surface area contributed by atoms with Crippen molar-refractivity contribution in [2.24, 2.45) is 17.6 Å². The second kappa shape index (κ2) is 6.22.